The molecule has 0 spiro atoms. The largest absolute Gasteiger partial charge is 0.303 e. The van der Waals surface area contributed by atoms with E-state index in [1.807, 2.05) is 13.0 Å². The highest BCUT2D eigenvalue weighted by molar-refractivity contribution is 5.50. The molecule has 0 aromatic rings. The molecule has 0 rings (SSSR count). The fraction of sp³-hybridized carbons (Fsp3) is 0.700. The zero-order chi connectivity index (χ0) is 8.53. The second-order valence-electron chi connectivity index (χ2n) is 2.83. The van der Waals surface area contributed by atoms with Crippen LogP contribution < -0.4 is 0 Å². The Balaban J connectivity index is 3.59. The third-order valence-corrected chi connectivity index (χ3v) is 1.79. The second-order valence-corrected chi connectivity index (χ2v) is 2.83. The van der Waals surface area contributed by atoms with Crippen molar-refractivity contribution >= 4 is 6.29 Å². The zero-order valence-electron chi connectivity index (χ0n) is 7.55. The monoisotopic (exact) mass is 154 g/mol. The molecular weight excluding hydrogens is 136 g/mol. The van der Waals surface area contributed by atoms with Gasteiger partial charge in [-0.15, -0.1) is 0 Å². The number of allylic oxidation sites excluding steroid dienone is 2. The summed E-state index contributed by atoms with van der Waals surface area (Å²) in [5.41, 5.74) is 0. The van der Waals surface area contributed by atoms with Crippen molar-refractivity contribution in [2.75, 3.05) is 0 Å². The first kappa shape index (κ1) is 10.4. The highest BCUT2D eigenvalue weighted by Crippen LogP contribution is 2.12. The van der Waals surface area contributed by atoms with Crippen LogP contribution in [0, 0.1) is 5.92 Å². The fourth-order valence-electron chi connectivity index (χ4n) is 1.15. The lowest BCUT2D eigenvalue weighted by molar-refractivity contribution is -0.108. The van der Waals surface area contributed by atoms with E-state index in [9.17, 15) is 4.79 Å². The van der Waals surface area contributed by atoms with Gasteiger partial charge in [0.1, 0.15) is 6.29 Å². The molecule has 0 aliphatic heterocycles. The van der Waals surface area contributed by atoms with Crippen molar-refractivity contribution in [3.05, 3.63) is 12.2 Å². The van der Waals surface area contributed by atoms with Crippen LogP contribution in [0.2, 0.25) is 0 Å². The summed E-state index contributed by atoms with van der Waals surface area (Å²) < 4.78 is 0. The molecule has 1 heteroatoms. The minimum absolute atomic E-state index is 0.484. The average Bonchev–Trinajstić information content (AvgIpc) is 2.01. The number of hydrogen-bond acceptors (Lipinski definition) is 1. The lowest BCUT2D eigenvalue weighted by Crippen LogP contribution is -1.96. The molecule has 0 radical (unpaired) electrons. The summed E-state index contributed by atoms with van der Waals surface area (Å²) in [6.07, 6.45) is 9.45. The van der Waals surface area contributed by atoms with Crippen LogP contribution in [0.25, 0.3) is 0 Å². The van der Waals surface area contributed by atoms with Crippen molar-refractivity contribution in [3.63, 3.8) is 0 Å². The van der Waals surface area contributed by atoms with Gasteiger partial charge < -0.3 is 4.79 Å². The van der Waals surface area contributed by atoms with Crippen LogP contribution in [0.5, 0.6) is 0 Å². The molecule has 0 heterocycles. The second kappa shape index (κ2) is 7.52. The Bertz CT molecular complexity index is 116. The Hall–Kier alpha value is -0.590. The Morgan fingerprint density at radius 3 is 2.64 bits per heavy atom. The minimum Gasteiger partial charge on any atom is -0.303 e. The zero-order valence-corrected chi connectivity index (χ0v) is 7.55. The lowest BCUT2D eigenvalue weighted by atomic mass is 9.99. The maximum Gasteiger partial charge on any atom is 0.120 e. The molecule has 0 bridgehead atoms. The van der Waals surface area contributed by atoms with E-state index in [-0.39, 0.29) is 0 Å². The van der Waals surface area contributed by atoms with Gasteiger partial charge in [-0.25, -0.2) is 0 Å². The summed E-state index contributed by atoms with van der Waals surface area (Å²) in [4.78, 5) is 10.2. The predicted molar refractivity (Wildman–Crippen MR) is 48.5 cm³/mol. The maximum atomic E-state index is 10.2. The number of unbranched alkanes of at least 4 members (excludes halogenated alkanes) is 1. The number of rotatable bonds is 6. The molecule has 0 amide bonds. The number of aldehydes is 1. The van der Waals surface area contributed by atoms with Gasteiger partial charge in [-0.1, -0.05) is 31.9 Å². The van der Waals surface area contributed by atoms with Gasteiger partial charge in [0.2, 0.25) is 0 Å². The summed E-state index contributed by atoms with van der Waals surface area (Å²) in [6.45, 7) is 4.18. The van der Waals surface area contributed by atoms with Gasteiger partial charge in [0.05, 0.1) is 0 Å². The number of hydrogen-bond donors (Lipinski definition) is 0. The van der Waals surface area contributed by atoms with Crippen LogP contribution >= 0.6 is 0 Å². The van der Waals surface area contributed by atoms with Crippen molar-refractivity contribution < 1.29 is 4.79 Å². The third kappa shape index (κ3) is 5.84. The SMILES string of the molecule is C/C=C/C(CC=O)CCCC. The first-order valence-electron chi connectivity index (χ1n) is 4.41. The first-order valence-corrected chi connectivity index (χ1v) is 4.41. The molecule has 1 unspecified atom stereocenters. The van der Waals surface area contributed by atoms with Gasteiger partial charge in [0.25, 0.3) is 0 Å². The Morgan fingerprint density at radius 1 is 1.45 bits per heavy atom. The number of carbonyl (C=O) groups is 1. The topological polar surface area (TPSA) is 17.1 Å². The van der Waals surface area contributed by atoms with Crippen molar-refractivity contribution in [2.45, 2.75) is 39.5 Å². The molecule has 0 aromatic heterocycles. The van der Waals surface area contributed by atoms with E-state index in [1.165, 1.54) is 12.8 Å². The Kier molecular flexibility index (Phi) is 7.11. The van der Waals surface area contributed by atoms with Gasteiger partial charge in [-0.2, -0.15) is 0 Å². The highest BCUT2D eigenvalue weighted by Gasteiger charge is 2.01. The van der Waals surface area contributed by atoms with Crippen LogP contribution in [0.15, 0.2) is 12.2 Å². The Morgan fingerprint density at radius 2 is 2.18 bits per heavy atom. The van der Waals surface area contributed by atoms with Crippen LogP contribution in [-0.4, -0.2) is 6.29 Å². The third-order valence-electron chi connectivity index (χ3n) is 1.79. The van der Waals surface area contributed by atoms with Gasteiger partial charge in [-0.05, 0) is 19.3 Å². The summed E-state index contributed by atoms with van der Waals surface area (Å²) >= 11 is 0. The van der Waals surface area contributed by atoms with E-state index in [0.29, 0.717) is 12.3 Å². The van der Waals surface area contributed by atoms with Gasteiger partial charge in [-0.3, -0.25) is 0 Å². The highest BCUT2D eigenvalue weighted by atomic mass is 16.1. The molecule has 0 saturated carbocycles. The smallest absolute Gasteiger partial charge is 0.120 e. The molecule has 1 nitrogen and oxygen atoms in total. The van der Waals surface area contributed by atoms with Crippen LogP contribution in [0.1, 0.15) is 39.5 Å². The number of carbonyl (C=O) groups excluding carboxylic acids is 1. The Labute approximate surface area is 69.5 Å². The normalized spacial score (nSPS) is 13.6. The fourth-order valence-corrected chi connectivity index (χ4v) is 1.15. The summed E-state index contributed by atoms with van der Waals surface area (Å²) in [5.74, 6) is 0.484. The van der Waals surface area contributed by atoms with E-state index < -0.39 is 0 Å². The van der Waals surface area contributed by atoms with E-state index in [2.05, 4.69) is 13.0 Å². The predicted octanol–water partition coefficient (Wildman–Crippen LogP) is 2.96. The van der Waals surface area contributed by atoms with Gasteiger partial charge in [0, 0.05) is 6.42 Å². The van der Waals surface area contributed by atoms with E-state index in [4.69, 9.17) is 0 Å². The van der Waals surface area contributed by atoms with E-state index in [0.717, 1.165) is 12.7 Å². The molecule has 0 N–H and O–H groups in total. The van der Waals surface area contributed by atoms with Crippen molar-refractivity contribution in [1.29, 1.82) is 0 Å². The maximum absolute atomic E-state index is 10.2. The molecule has 0 aliphatic rings. The van der Waals surface area contributed by atoms with Crippen molar-refractivity contribution in [2.24, 2.45) is 5.92 Å². The molecular formula is C10H18O. The van der Waals surface area contributed by atoms with Crippen LogP contribution in [0.4, 0.5) is 0 Å². The lowest BCUT2D eigenvalue weighted by Gasteiger charge is -2.06. The van der Waals surface area contributed by atoms with E-state index in [1.54, 1.807) is 0 Å². The molecule has 0 fully saturated rings. The standard InChI is InChI=1S/C10H18O/c1-3-5-7-10(6-4-2)8-9-11/h4,6,9-10H,3,5,7-8H2,1-2H3/b6-4+. The summed E-state index contributed by atoms with van der Waals surface area (Å²) in [5, 5.41) is 0. The summed E-state index contributed by atoms with van der Waals surface area (Å²) in [7, 11) is 0. The molecule has 64 valence electrons. The summed E-state index contributed by atoms with van der Waals surface area (Å²) in [6, 6.07) is 0. The molecule has 0 aromatic carbocycles. The van der Waals surface area contributed by atoms with E-state index >= 15 is 0 Å². The minimum atomic E-state index is 0.484. The van der Waals surface area contributed by atoms with Crippen molar-refractivity contribution in [1.82, 2.24) is 0 Å². The average molecular weight is 154 g/mol. The van der Waals surface area contributed by atoms with Crippen molar-refractivity contribution in [3.8, 4) is 0 Å². The van der Waals surface area contributed by atoms with Gasteiger partial charge >= 0.3 is 0 Å². The quantitative estimate of drug-likeness (QED) is 0.424. The molecule has 0 aliphatic carbocycles. The molecule has 0 saturated heterocycles. The molecule has 11 heavy (non-hydrogen) atoms. The van der Waals surface area contributed by atoms with Crippen LogP contribution in [0.3, 0.4) is 0 Å². The first-order chi connectivity index (χ1) is 5.35. The van der Waals surface area contributed by atoms with Crippen LogP contribution in [-0.2, 0) is 4.79 Å². The molecule has 1 atom stereocenters. The van der Waals surface area contributed by atoms with Gasteiger partial charge in [0.15, 0.2) is 0 Å².